The second-order valence-electron chi connectivity index (χ2n) is 15.3. The summed E-state index contributed by atoms with van der Waals surface area (Å²) in [5, 5.41) is 9.97. The van der Waals surface area contributed by atoms with Gasteiger partial charge in [0.25, 0.3) is 0 Å². The van der Waals surface area contributed by atoms with Gasteiger partial charge in [0.05, 0.1) is 0 Å². The Bertz CT molecular complexity index is 1230. The minimum absolute atomic E-state index is 0.0210. The molecular formula is C34H58N6O8S. The molecule has 1 aromatic rings. The zero-order valence-electron chi connectivity index (χ0n) is 31.4. The number of rotatable bonds is 10. The Morgan fingerprint density at radius 2 is 0.837 bits per heavy atom. The van der Waals surface area contributed by atoms with Gasteiger partial charge < -0.3 is 18.9 Å². The highest BCUT2D eigenvalue weighted by Crippen LogP contribution is 2.20. The van der Waals surface area contributed by atoms with E-state index in [0.717, 1.165) is 37.0 Å². The lowest BCUT2D eigenvalue weighted by molar-refractivity contribution is 0.0521. The molecule has 0 aliphatic carbocycles. The molecule has 0 unspecified atom stereocenters. The Hall–Kier alpha value is -3.88. The molecule has 15 heteroatoms. The maximum Gasteiger partial charge on any atom is 0.414 e. The van der Waals surface area contributed by atoms with E-state index >= 15 is 0 Å². The normalized spacial score (nSPS) is 11.8. The summed E-state index contributed by atoms with van der Waals surface area (Å²) in [6.07, 6.45) is 2.29. The van der Waals surface area contributed by atoms with Crippen molar-refractivity contribution >= 4 is 47.6 Å². The van der Waals surface area contributed by atoms with E-state index in [1.54, 1.807) is 94.4 Å². The third-order valence-electron chi connectivity index (χ3n) is 5.42. The molecule has 1 heterocycles. The lowest BCUT2D eigenvalue weighted by Gasteiger charge is -2.22. The van der Waals surface area contributed by atoms with Crippen molar-refractivity contribution in [1.82, 2.24) is 21.3 Å². The first-order chi connectivity index (χ1) is 22.4. The van der Waals surface area contributed by atoms with E-state index in [2.05, 4.69) is 43.4 Å². The number of carbonyl (C=O) groups excluding carboxylic acids is 4. The molecule has 1 rings (SSSR count). The van der Waals surface area contributed by atoms with Crippen molar-refractivity contribution in [2.45, 2.75) is 144 Å². The molecule has 4 amide bonds. The van der Waals surface area contributed by atoms with Crippen molar-refractivity contribution in [3.05, 3.63) is 21.9 Å². The van der Waals surface area contributed by atoms with Crippen LogP contribution in [0.5, 0.6) is 0 Å². The highest BCUT2D eigenvalue weighted by Gasteiger charge is 2.22. The summed E-state index contributed by atoms with van der Waals surface area (Å²) in [4.78, 5) is 60.2. The molecule has 0 aliphatic heterocycles. The molecule has 0 atom stereocenters. The minimum Gasteiger partial charge on any atom is -0.444 e. The number of guanidine groups is 2. The van der Waals surface area contributed by atoms with E-state index in [-0.39, 0.29) is 11.9 Å². The number of hydrogen-bond donors (Lipinski definition) is 4. The van der Waals surface area contributed by atoms with Gasteiger partial charge in [-0.25, -0.2) is 19.2 Å². The molecular weight excluding hydrogens is 652 g/mol. The van der Waals surface area contributed by atoms with Gasteiger partial charge in [0.1, 0.15) is 22.4 Å². The van der Waals surface area contributed by atoms with Crippen LogP contribution in [0.2, 0.25) is 0 Å². The number of amides is 4. The van der Waals surface area contributed by atoms with Gasteiger partial charge in [-0.3, -0.25) is 31.3 Å². The monoisotopic (exact) mass is 710 g/mol. The summed E-state index contributed by atoms with van der Waals surface area (Å²) < 4.78 is 21.1. The van der Waals surface area contributed by atoms with Crippen molar-refractivity contribution in [2.75, 3.05) is 13.1 Å². The molecule has 0 radical (unpaired) electrons. The number of carbonyl (C=O) groups is 4. The van der Waals surface area contributed by atoms with Gasteiger partial charge in [-0.1, -0.05) is 12.8 Å². The third kappa shape index (κ3) is 24.0. The van der Waals surface area contributed by atoms with Crippen LogP contribution in [0.25, 0.3) is 0 Å². The summed E-state index contributed by atoms with van der Waals surface area (Å²) in [6, 6.07) is 4.16. The van der Waals surface area contributed by atoms with Crippen LogP contribution in [0.4, 0.5) is 19.2 Å². The summed E-state index contributed by atoms with van der Waals surface area (Å²) in [6.45, 7) is 21.6. The fourth-order valence-corrected chi connectivity index (χ4v) is 4.79. The molecule has 0 spiro atoms. The van der Waals surface area contributed by atoms with E-state index in [4.69, 9.17) is 18.9 Å². The number of nitrogens with zero attached hydrogens (tertiary/aromatic N) is 2. The van der Waals surface area contributed by atoms with E-state index in [0.29, 0.717) is 19.5 Å². The van der Waals surface area contributed by atoms with Crippen LogP contribution in [0.3, 0.4) is 0 Å². The number of ether oxygens (including phenoxy) is 4. The lowest BCUT2D eigenvalue weighted by atomic mass is 10.1. The Morgan fingerprint density at radius 3 is 1.20 bits per heavy atom. The van der Waals surface area contributed by atoms with E-state index in [9.17, 15) is 19.2 Å². The quantitative estimate of drug-likeness (QED) is 0.0852. The van der Waals surface area contributed by atoms with Crippen molar-refractivity contribution < 1.29 is 38.1 Å². The topological polar surface area (TPSA) is 178 Å². The highest BCUT2D eigenvalue weighted by molar-refractivity contribution is 7.12. The van der Waals surface area contributed by atoms with Gasteiger partial charge in [-0.15, -0.1) is 11.3 Å². The van der Waals surface area contributed by atoms with Gasteiger partial charge in [0.15, 0.2) is 0 Å². The molecule has 0 saturated heterocycles. The summed E-state index contributed by atoms with van der Waals surface area (Å²) >= 11 is 1.70. The summed E-state index contributed by atoms with van der Waals surface area (Å²) in [7, 11) is 0. The average Bonchev–Trinajstić information content (AvgIpc) is 3.30. The van der Waals surface area contributed by atoms with Crippen LogP contribution in [0.15, 0.2) is 22.1 Å². The summed E-state index contributed by atoms with van der Waals surface area (Å²) in [5.74, 6) is -0.0645. The molecule has 0 saturated carbocycles. The van der Waals surface area contributed by atoms with Crippen molar-refractivity contribution in [3.8, 4) is 0 Å². The SMILES string of the molecule is CC(C)(C)OC(=O)NC(=NCCCCCCc1ccc(CCN=C(NC(=O)OC(C)(C)C)NC(=O)OC(C)(C)C)s1)NC(=O)OC(C)(C)C. The Kier molecular flexibility index (Phi) is 17.0. The maximum atomic E-state index is 12.3. The summed E-state index contributed by atoms with van der Waals surface area (Å²) in [5.41, 5.74) is -2.84. The van der Waals surface area contributed by atoms with Gasteiger partial charge in [-0.05, 0) is 114 Å². The van der Waals surface area contributed by atoms with Crippen LogP contribution in [-0.2, 0) is 31.8 Å². The highest BCUT2D eigenvalue weighted by atomic mass is 32.1. The maximum absolute atomic E-state index is 12.3. The first-order valence-corrected chi connectivity index (χ1v) is 17.4. The predicted octanol–water partition coefficient (Wildman–Crippen LogP) is 7.20. The number of unbranched alkanes of at least 4 members (excludes halogenated alkanes) is 3. The number of alkyl carbamates (subject to hydrolysis) is 4. The van der Waals surface area contributed by atoms with Crippen molar-refractivity contribution in [1.29, 1.82) is 0 Å². The van der Waals surface area contributed by atoms with Crippen LogP contribution >= 0.6 is 11.3 Å². The molecule has 0 aliphatic rings. The standard InChI is InChI=1S/C34H58N6O8S/c1-31(2,3)45-27(41)37-25(38-28(42)46-32(4,5)6)35-21-16-14-13-15-17-23-18-19-24(49-23)20-22-36-26(39-29(43)47-33(7,8)9)40-30(44)48-34(10,11)12/h18-19H,13-17,20-22H2,1-12H3,(H2,35,37,38,41,42)(H2,36,39,40,43,44). The number of aliphatic imine (C=N–C) groups is 2. The van der Waals surface area contributed by atoms with Gasteiger partial charge in [-0.2, -0.15) is 0 Å². The van der Waals surface area contributed by atoms with E-state index < -0.39 is 46.8 Å². The lowest BCUT2D eigenvalue weighted by Crippen LogP contribution is -2.47. The number of nitrogens with one attached hydrogen (secondary N) is 4. The van der Waals surface area contributed by atoms with E-state index in [1.807, 2.05) is 0 Å². The average molecular weight is 711 g/mol. The van der Waals surface area contributed by atoms with Gasteiger partial charge in [0.2, 0.25) is 11.9 Å². The third-order valence-corrected chi connectivity index (χ3v) is 6.63. The largest absolute Gasteiger partial charge is 0.444 e. The number of thiophene rings is 1. The molecule has 49 heavy (non-hydrogen) atoms. The van der Waals surface area contributed by atoms with Crippen molar-refractivity contribution in [2.24, 2.45) is 9.98 Å². The smallest absolute Gasteiger partial charge is 0.414 e. The molecule has 0 fully saturated rings. The first kappa shape index (κ1) is 43.1. The predicted molar refractivity (Wildman–Crippen MR) is 192 cm³/mol. The molecule has 14 nitrogen and oxygen atoms in total. The van der Waals surface area contributed by atoms with Crippen LogP contribution in [0.1, 0.15) is 119 Å². The zero-order chi connectivity index (χ0) is 37.5. The fourth-order valence-electron chi connectivity index (χ4n) is 3.75. The second-order valence-corrected chi connectivity index (χ2v) is 16.5. The van der Waals surface area contributed by atoms with E-state index in [1.165, 1.54) is 4.88 Å². The molecule has 0 bridgehead atoms. The minimum atomic E-state index is -0.733. The second kappa shape index (κ2) is 19.3. The molecule has 4 N–H and O–H groups in total. The van der Waals surface area contributed by atoms with Gasteiger partial charge in [0, 0.05) is 29.3 Å². The number of hydrogen-bond acceptors (Lipinski definition) is 11. The molecule has 0 aromatic carbocycles. The fraction of sp³-hybridized carbons (Fsp3) is 0.706. The Labute approximate surface area is 295 Å². The molecule has 1 aromatic heterocycles. The van der Waals surface area contributed by atoms with Crippen LogP contribution in [-0.4, -0.2) is 71.8 Å². The van der Waals surface area contributed by atoms with Gasteiger partial charge >= 0.3 is 24.4 Å². The Balaban J connectivity index is 2.62. The number of aryl methyl sites for hydroxylation is 1. The van der Waals surface area contributed by atoms with Crippen molar-refractivity contribution in [3.63, 3.8) is 0 Å². The van der Waals surface area contributed by atoms with Crippen LogP contribution in [0, 0.1) is 0 Å². The Morgan fingerprint density at radius 1 is 0.510 bits per heavy atom. The molecule has 278 valence electrons. The van der Waals surface area contributed by atoms with Crippen LogP contribution < -0.4 is 21.3 Å². The zero-order valence-corrected chi connectivity index (χ0v) is 32.2. The first-order valence-electron chi connectivity index (χ1n) is 16.6.